The largest absolute Gasteiger partial charge is 0.464 e. The summed E-state index contributed by atoms with van der Waals surface area (Å²) >= 11 is 0. The third kappa shape index (κ3) is 2.11. The van der Waals surface area contributed by atoms with Crippen LogP contribution in [0.2, 0.25) is 0 Å². The molecule has 1 saturated heterocycles. The quantitative estimate of drug-likeness (QED) is 0.777. The van der Waals surface area contributed by atoms with Crippen molar-refractivity contribution < 1.29 is 4.42 Å². The van der Waals surface area contributed by atoms with Crippen molar-refractivity contribution in [3.05, 3.63) is 23.7 Å². The maximum Gasteiger partial charge on any atom is 0.124 e. The first-order valence-corrected chi connectivity index (χ1v) is 7.63. The predicted molar refractivity (Wildman–Crippen MR) is 73.6 cm³/mol. The van der Waals surface area contributed by atoms with Gasteiger partial charge in [-0.05, 0) is 57.8 Å². The standard InChI is InChI=1S/C16H25NO/c1-14-8-9-15(18-14)16(10-4-2-5-11-16)17-12-6-3-7-13-17/h8-9H,2-7,10-13H2,1H3. The summed E-state index contributed by atoms with van der Waals surface area (Å²) in [5.41, 5.74) is 0.229. The average Bonchev–Trinajstić information content (AvgIpc) is 2.88. The van der Waals surface area contributed by atoms with Crippen molar-refractivity contribution in [2.24, 2.45) is 0 Å². The van der Waals surface area contributed by atoms with Crippen LogP contribution in [0.5, 0.6) is 0 Å². The fourth-order valence-corrected chi connectivity index (χ4v) is 3.86. The topological polar surface area (TPSA) is 16.4 Å². The lowest BCUT2D eigenvalue weighted by atomic mass is 9.77. The Labute approximate surface area is 110 Å². The molecule has 0 unspecified atom stereocenters. The third-order valence-electron chi connectivity index (χ3n) is 4.84. The lowest BCUT2D eigenvalue weighted by molar-refractivity contribution is 0.0127. The smallest absolute Gasteiger partial charge is 0.124 e. The minimum atomic E-state index is 0.229. The van der Waals surface area contributed by atoms with Crippen molar-refractivity contribution in [3.8, 4) is 0 Å². The minimum Gasteiger partial charge on any atom is -0.464 e. The first-order chi connectivity index (χ1) is 8.81. The van der Waals surface area contributed by atoms with Crippen LogP contribution >= 0.6 is 0 Å². The van der Waals surface area contributed by atoms with Crippen LogP contribution in [-0.2, 0) is 5.54 Å². The Morgan fingerprint density at radius 2 is 1.61 bits per heavy atom. The molecule has 2 nitrogen and oxygen atoms in total. The molecule has 1 aliphatic heterocycles. The molecule has 1 aromatic heterocycles. The Kier molecular flexibility index (Phi) is 3.47. The number of hydrogen-bond acceptors (Lipinski definition) is 2. The molecule has 0 N–H and O–H groups in total. The van der Waals surface area contributed by atoms with Gasteiger partial charge in [-0.2, -0.15) is 0 Å². The van der Waals surface area contributed by atoms with Crippen LogP contribution in [0.1, 0.15) is 62.9 Å². The average molecular weight is 247 g/mol. The van der Waals surface area contributed by atoms with Gasteiger partial charge in [0.05, 0.1) is 5.54 Å². The summed E-state index contributed by atoms with van der Waals surface area (Å²) < 4.78 is 6.04. The first-order valence-electron chi connectivity index (χ1n) is 7.63. The summed E-state index contributed by atoms with van der Waals surface area (Å²) in [4.78, 5) is 2.73. The molecule has 0 atom stereocenters. The summed E-state index contributed by atoms with van der Waals surface area (Å²) in [5.74, 6) is 2.30. The van der Waals surface area contributed by atoms with E-state index in [4.69, 9.17) is 4.42 Å². The van der Waals surface area contributed by atoms with Crippen LogP contribution < -0.4 is 0 Å². The molecule has 0 radical (unpaired) electrons. The van der Waals surface area contributed by atoms with Gasteiger partial charge in [-0.3, -0.25) is 4.90 Å². The van der Waals surface area contributed by atoms with Gasteiger partial charge >= 0.3 is 0 Å². The van der Waals surface area contributed by atoms with Gasteiger partial charge < -0.3 is 4.42 Å². The second kappa shape index (κ2) is 5.08. The van der Waals surface area contributed by atoms with E-state index in [1.54, 1.807) is 0 Å². The number of piperidine rings is 1. The molecule has 100 valence electrons. The molecule has 2 fully saturated rings. The monoisotopic (exact) mass is 247 g/mol. The highest BCUT2D eigenvalue weighted by molar-refractivity contribution is 5.17. The molecule has 2 heteroatoms. The van der Waals surface area contributed by atoms with Crippen molar-refractivity contribution in [2.75, 3.05) is 13.1 Å². The molecule has 0 aromatic carbocycles. The molecule has 0 amide bonds. The number of hydrogen-bond donors (Lipinski definition) is 0. The highest BCUT2D eigenvalue weighted by Gasteiger charge is 2.42. The van der Waals surface area contributed by atoms with Crippen molar-refractivity contribution in [1.82, 2.24) is 4.90 Å². The summed E-state index contributed by atoms with van der Waals surface area (Å²) in [6, 6.07) is 4.37. The van der Waals surface area contributed by atoms with Crippen molar-refractivity contribution >= 4 is 0 Å². The molecule has 0 spiro atoms. The number of aryl methyl sites for hydroxylation is 1. The number of furan rings is 1. The molecule has 1 saturated carbocycles. The Hall–Kier alpha value is -0.760. The zero-order valence-electron chi connectivity index (χ0n) is 11.6. The van der Waals surface area contributed by atoms with Crippen LogP contribution in [0.4, 0.5) is 0 Å². The minimum absolute atomic E-state index is 0.229. The van der Waals surface area contributed by atoms with Gasteiger partial charge in [-0.15, -0.1) is 0 Å². The van der Waals surface area contributed by atoms with E-state index in [1.807, 2.05) is 0 Å². The van der Waals surface area contributed by atoms with Gasteiger partial charge in [0.2, 0.25) is 0 Å². The number of likely N-dealkylation sites (tertiary alicyclic amines) is 1. The van der Waals surface area contributed by atoms with Crippen LogP contribution in [0.3, 0.4) is 0 Å². The molecule has 1 aliphatic carbocycles. The summed E-state index contributed by atoms with van der Waals surface area (Å²) in [7, 11) is 0. The Balaban J connectivity index is 1.91. The van der Waals surface area contributed by atoms with Gasteiger partial charge in [-0.1, -0.05) is 25.7 Å². The Morgan fingerprint density at radius 1 is 0.944 bits per heavy atom. The highest BCUT2D eigenvalue weighted by atomic mass is 16.3. The zero-order chi connectivity index (χ0) is 12.4. The maximum absolute atomic E-state index is 6.04. The molecule has 2 aliphatic rings. The molecule has 0 bridgehead atoms. The van der Waals surface area contributed by atoms with Crippen molar-refractivity contribution in [3.63, 3.8) is 0 Å². The van der Waals surface area contributed by atoms with E-state index in [9.17, 15) is 0 Å². The Morgan fingerprint density at radius 3 is 2.22 bits per heavy atom. The van der Waals surface area contributed by atoms with Gasteiger partial charge in [0, 0.05) is 0 Å². The van der Waals surface area contributed by atoms with E-state index in [-0.39, 0.29) is 5.54 Å². The molecule has 2 heterocycles. The maximum atomic E-state index is 6.04. The van der Waals surface area contributed by atoms with E-state index < -0.39 is 0 Å². The summed E-state index contributed by atoms with van der Waals surface area (Å²) in [6.45, 7) is 4.59. The van der Waals surface area contributed by atoms with E-state index in [0.717, 1.165) is 5.76 Å². The molecular formula is C16H25NO. The predicted octanol–water partition coefficient (Wildman–Crippen LogP) is 4.23. The zero-order valence-corrected chi connectivity index (χ0v) is 11.6. The van der Waals surface area contributed by atoms with Gasteiger partial charge in [0.25, 0.3) is 0 Å². The van der Waals surface area contributed by atoms with Crippen LogP contribution in [0.15, 0.2) is 16.5 Å². The normalized spacial score (nSPS) is 25.2. The number of rotatable bonds is 2. The highest BCUT2D eigenvalue weighted by Crippen LogP contribution is 2.44. The van der Waals surface area contributed by atoms with E-state index >= 15 is 0 Å². The van der Waals surface area contributed by atoms with E-state index in [2.05, 4.69) is 24.0 Å². The van der Waals surface area contributed by atoms with Gasteiger partial charge in [0.15, 0.2) is 0 Å². The number of nitrogens with zero attached hydrogens (tertiary/aromatic N) is 1. The lowest BCUT2D eigenvalue weighted by Gasteiger charge is -2.47. The van der Waals surface area contributed by atoms with E-state index in [1.165, 1.54) is 70.2 Å². The second-order valence-corrected chi connectivity index (χ2v) is 6.05. The van der Waals surface area contributed by atoms with Gasteiger partial charge in [-0.25, -0.2) is 0 Å². The second-order valence-electron chi connectivity index (χ2n) is 6.05. The van der Waals surface area contributed by atoms with E-state index in [0.29, 0.717) is 0 Å². The summed E-state index contributed by atoms with van der Waals surface area (Å²) in [5, 5.41) is 0. The van der Waals surface area contributed by atoms with Crippen LogP contribution in [-0.4, -0.2) is 18.0 Å². The van der Waals surface area contributed by atoms with Crippen molar-refractivity contribution in [2.45, 2.75) is 63.8 Å². The molecule has 3 rings (SSSR count). The molecule has 1 aromatic rings. The molecular weight excluding hydrogens is 222 g/mol. The van der Waals surface area contributed by atoms with Crippen LogP contribution in [0.25, 0.3) is 0 Å². The molecule has 18 heavy (non-hydrogen) atoms. The summed E-state index contributed by atoms with van der Waals surface area (Å²) in [6.07, 6.45) is 10.8. The first kappa shape index (κ1) is 12.3. The third-order valence-corrected chi connectivity index (χ3v) is 4.84. The SMILES string of the molecule is Cc1ccc(C2(N3CCCCC3)CCCCC2)o1. The Bertz CT molecular complexity index is 384. The fourth-order valence-electron chi connectivity index (χ4n) is 3.86. The lowest BCUT2D eigenvalue weighted by Crippen LogP contribution is -2.49. The fraction of sp³-hybridized carbons (Fsp3) is 0.750. The van der Waals surface area contributed by atoms with Crippen molar-refractivity contribution in [1.29, 1.82) is 0 Å². The van der Waals surface area contributed by atoms with Crippen LogP contribution in [0, 0.1) is 6.92 Å². The van der Waals surface area contributed by atoms with Gasteiger partial charge in [0.1, 0.15) is 11.5 Å².